The molecule has 5 nitrogen and oxygen atoms in total. The maximum absolute atomic E-state index is 12.0. The number of fused-ring (bicyclic) bond motifs is 1. The molecule has 28 heavy (non-hydrogen) atoms. The minimum atomic E-state index is -0.137. The lowest BCUT2D eigenvalue weighted by atomic mass is 9.97. The van der Waals surface area contributed by atoms with Crippen LogP contribution in [0, 0.1) is 5.92 Å². The van der Waals surface area contributed by atoms with Gasteiger partial charge in [-0.15, -0.1) is 0 Å². The van der Waals surface area contributed by atoms with Crippen LogP contribution in [0.1, 0.15) is 30.5 Å². The van der Waals surface area contributed by atoms with E-state index in [9.17, 15) is 4.79 Å². The number of methoxy groups -OCH3 is 2. The maximum atomic E-state index is 12.0. The Balaban J connectivity index is 1.75. The summed E-state index contributed by atoms with van der Waals surface area (Å²) in [5.74, 6) is 1.86. The average molecular weight is 378 g/mol. The number of ether oxygens (including phenoxy) is 2. The summed E-state index contributed by atoms with van der Waals surface area (Å²) in [6.07, 6.45) is 3.91. The van der Waals surface area contributed by atoms with Crippen molar-refractivity contribution in [3.8, 4) is 11.5 Å². The molecule has 3 unspecified atom stereocenters. The molecule has 146 valence electrons. The molecule has 2 heterocycles. The van der Waals surface area contributed by atoms with E-state index >= 15 is 0 Å². The highest BCUT2D eigenvalue weighted by Crippen LogP contribution is 2.46. The Hall–Kier alpha value is -2.79. The largest absolute Gasteiger partial charge is 0.496 e. The van der Waals surface area contributed by atoms with Crippen LogP contribution in [0.2, 0.25) is 0 Å². The molecular weight excluding hydrogens is 352 g/mol. The van der Waals surface area contributed by atoms with Gasteiger partial charge in [0.25, 0.3) is 0 Å². The Bertz CT molecular complexity index is 959. The molecule has 3 aromatic rings. The van der Waals surface area contributed by atoms with Crippen LogP contribution in [-0.2, 0) is 11.3 Å². The summed E-state index contributed by atoms with van der Waals surface area (Å²) in [5.41, 5.74) is 3.33. The van der Waals surface area contributed by atoms with Gasteiger partial charge in [-0.05, 0) is 53.6 Å². The van der Waals surface area contributed by atoms with Crippen LogP contribution in [0.5, 0.6) is 11.5 Å². The summed E-state index contributed by atoms with van der Waals surface area (Å²) in [6, 6.07) is 14.2. The van der Waals surface area contributed by atoms with Gasteiger partial charge in [-0.1, -0.05) is 19.1 Å². The first kappa shape index (κ1) is 18.6. The van der Waals surface area contributed by atoms with Crippen molar-refractivity contribution >= 4 is 17.2 Å². The number of H-pyrrole nitrogens is 1. The molecule has 0 bridgehead atoms. The number of rotatable bonds is 6. The number of nitrogens with one attached hydrogen (secondary N) is 1. The predicted molar refractivity (Wildman–Crippen MR) is 110 cm³/mol. The van der Waals surface area contributed by atoms with Gasteiger partial charge < -0.3 is 19.3 Å². The van der Waals surface area contributed by atoms with Gasteiger partial charge in [0.2, 0.25) is 0 Å². The third-order valence-electron chi connectivity index (χ3n) is 5.88. The Morgan fingerprint density at radius 2 is 1.89 bits per heavy atom. The van der Waals surface area contributed by atoms with Crippen molar-refractivity contribution in [1.82, 2.24) is 9.88 Å². The van der Waals surface area contributed by atoms with Crippen molar-refractivity contribution < 1.29 is 14.3 Å². The number of carbonyl (C=O) groups excluding carboxylic acids is 1. The Morgan fingerprint density at radius 1 is 1.14 bits per heavy atom. The summed E-state index contributed by atoms with van der Waals surface area (Å²) in [7, 11) is 3.36. The molecule has 0 spiro atoms. The molecule has 1 fully saturated rings. The van der Waals surface area contributed by atoms with Crippen LogP contribution in [0.3, 0.4) is 0 Å². The summed E-state index contributed by atoms with van der Waals surface area (Å²) >= 11 is 0. The molecule has 1 aromatic heterocycles. The molecule has 3 atom stereocenters. The van der Waals surface area contributed by atoms with E-state index < -0.39 is 0 Å². The van der Waals surface area contributed by atoms with Crippen molar-refractivity contribution in [3.05, 3.63) is 59.8 Å². The van der Waals surface area contributed by atoms with Crippen LogP contribution in [0.4, 0.5) is 0 Å². The van der Waals surface area contributed by atoms with Gasteiger partial charge in [0.05, 0.1) is 25.8 Å². The summed E-state index contributed by atoms with van der Waals surface area (Å²) in [4.78, 5) is 17.5. The van der Waals surface area contributed by atoms with Crippen molar-refractivity contribution in [2.45, 2.75) is 32.0 Å². The lowest BCUT2D eigenvalue weighted by Gasteiger charge is -2.30. The fraction of sp³-hybridized carbons (Fsp3) is 0.348. The molecule has 1 aliphatic rings. The highest BCUT2D eigenvalue weighted by atomic mass is 16.5. The van der Waals surface area contributed by atoms with Gasteiger partial charge in [0.15, 0.2) is 0 Å². The highest BCUT2D eigenvalue weighted by Gasteiger charge is 2.41. The number of hydrogen-bond acceptors (Lipinski definition) is 4. The van der Waals surface area contributed by atoms with E-state index in [1.807, 2.05) is 24.4 Å². The standard InChI is InChI=1S/C23H26N2O3/c1-15-11-19(23-21(27-2)5-4-6-22(23)28-3)25(20(15)14-26)13-16-7-8-18-17(12-16)9-10-24-18/h4-10,12,14-15,19-20,24H,11,13H2,1-3H3. The maximum Gasteiger partial charge on any atom is 0.137 e. The van der Waals surface area contributed by atoms with E-state index in [2.05, 4.69) is 41.1 Å². The normalized spacial score (nSPS) is 22.5. The number of carbonyl (C=O) groups is 1. The van der Waals surface area contributed by atoms with Crippen molar-refractivity contribution in [2.24, 2.45) is 5.92 Å². The molecule has 0 saturated carbocycles. The minimum Gasteiger partial charge on any atom is -0.496 e. The second-order valence-electron chi connectivity index (χ2n) is 7.50. The fourth-order valence-corrected chi connectivity index (χ4v) is 4.49. The van der Waals surface area contributed by atoms with Gasteiger partial charge in [0, 0.05) is 24.3 Å². The van der Waals surface area contributed by atoms with E-state index in [1.165, 1.54) is 10.9 Å². The Labute approximate surface area is 165 Å². The number of aromatic nitrogens is 1. The van der Waals surface area contributed by atoms with E-state index in [0.717, 1.165) is 35.3 Å². The Kier molecular flexibility index (Phi) is 5.09. The third kappa shape index (κ3) is 3.16. The van der Waals surface area contributed by atoms with Crippen LogP contribution >= 0.6 is 0 Å². The molecule has 0 amide bonds. The fourth-order valence-electron chi connectivity index (χ4n) is 4.49. The molecule has 1 saturated heterocycles. The van der Waals surface area contributed by atoms with Crippen molar-refractivity contribution in [2.75, 3.05) is 14.2 Å². The minimum absolute atomic E-state index is 0.0539. The molecule has 0 radical (unpaired) electrons. The number of aldehydes is 1. The first-order chi connectivity index (χ1) is 13.7. The predicted octanol–water partition coefficient (Wildman–Crippen LogP) is 4.34. The van der Waals surface area contributed by atoms with Gasteiger partial charge in [-0.2, -0.15) is 0 Å². The zero-order chi connectivity index (χ0) is 19.7. The van der Waals surface area contributed by atoms with Gasteiger partial charge in [0.1, 0.15) is 17.8 Å². The number of nitrogens with zero attached hydrogens (tertiary/aromatic N) is 1. The van der Waals surface area contributed by atoms with Crippen LogP contribution in [0.15, 0.2) is 48.7 Å². The zero-order valence-corrected chi connectivity index (χ0v) is 16.5. The monoisotopic (exact) mass is 378 g/mol. The van der Waals surface area contributed by atoms with Crippen molar-refractivity contribution in [3.63, 3.8) is 0 Å². The first-order valence-corrected chi connectivity index (χ1v) is 9.64. The lowest BCUT2D eigenvalue weighted by Crippen LogP contribution is -2.34. The zero-order valence-electron chi connectivity index (χ0n) is 16.5. The lowest BCUT2D eigenvalue weighted by molar-refractivity contribution is -0.113. The first-order valence-electron chi connectivity index (χ1n) is 9.64. The van der Waals surface area contributed by atoms with Gasteiger partial charge in [-0.25, -0.2) is 0 Å². The molecule has 1 aliphatic heterocycles. The van der Waals surface area contributed by atoms with E-state index in [0.29, 0.717) is 6.54 Å². The van der Waals surface area contributed by atoms with Crippen LogP contribution < -0.4 is 9.47 Å². The number of aromatic amines is 1. The highest BCUT2D eigenvalue weighted by molar-refractivity contribution is 5.79. The Morgan fingerprint density at radius 3 is 2.57 bits per heavy atom. The topological polar surface area (TPSA) is 54.6 Å². The summed E-state index contributed by atoms with van der Waals surface area (Å²) in [5, 5.41) is 1.18. The molecule has 2 aromatic carbocycles. The molecular formula is C23H26N2O3. The second kappa shape index (κ2) is 7.68. The number of benzene rings is 2. The molecule has 5 heteroatoms. The SMILES string of the molecule is COc1cccc(OC)c1C1CC(C)C(C=O)N1Cc1ccc2[nH]ccc2c1. The van der Waals surface area contributed by atoms with Gasteiger partial charge >= 0.3 is 0 Å². The number of likely N-dealkylation sites (tertiary alicyclic amines) is 1. The van der Waals surface area contributed by atoms with E-state index in [4.69, 9.17) is 9.47 Å². The van der Waals surface area contributed by atoms with E-state index in [1.54, 1.807) is 14.2 Å². The van der Waals surface area contributed by atoms with Crippen LogP contribution in [-0.4, -0.2) is 36.4 Å². The molecule has 0 aliphatic carbocycles. The smallest absolute Gasteiger partial charge is 0.137 e. The third-order valence-corrected chi connectivity index (χ3v) is 5.88. The molecule has 4 rings (SSSR count). The summed E-state index contributed by atoms with van der Waals surface area (Å²) < 4.78 is 11.3. The quantitative estimate of drug-likeness (QED) is 0.649. The number of hydrogen-bond donors (Lipinski definition) is 1. The van der Waals surface area contributed by atoms with Crippen molar-refractivity contribution in [1.29, 1.82) is 0 Å². The molecule has 1 N–H and O–H groups in total. The van der Waals surface area contributed by atoms with E-state index in [-0.39, 0.29) is 18.0 Å². The van der Waals surface area contributed by atoms with Gasteiger partial charge in [-0.3, -0.25) is 4.90 Å². The summed E-state index contributed by atoms with van der Waals surface area (Å²) in [6.45, 7) is 2.84. The average Bonchev–Trinajstić information content (AvgIpc) is 3.30. The van der Waals surface area contributed by atoms with Crippen LogP contribution in [0.25, 0.3) is 10.9 Å². The second-order valence-corrected chi connectivity index (χ2v) is 7.50.